The average Bonchev–Trinajstić information content (AvgIpc) is 3.30. The van der Waals surface area contributed by atoms with E-state index in [0.29, 0.717) is 6.54 Å². The van der Waals surface area contributed by atoms with Gasteiger partial charge in [0.15, 0.2) is 11.5 Å². The van der Waals surface area contributed by atoms with E-state index in [1.165, 1.54) is 12.8 Å². The van der Waals surface area contributed by atoms with Gasteiger partial charge in [-0.3, -0.25) is 0 Å². The highest BCUT2D eigenvalue weighted by atomic mass is 16.7. The van der Waals surface area contributed by atoms with Crippen LogP contribution in [0.25, 0.3) is 0 Å². The number of carbonyl (C=O) groups is 1. The van der Waals surface area contributed by atoms with Gasteiger partial charge in [-0.2, -0.15) is 0 Å². The smallest absolute Gasteiger partial charge is 0.317 e. The Bertz CT molecular complexity index is 623. The molecule has 5 heteroatoms. The van der Waals surface area contributed by atoms with Crippen molar-refractivity contribution in [3.8, 4) is 11.5 Å². The predicted molar refractivity (Wildman–Crippen MR) is 81.9 cm³/mol. The molecule has 0 bridgehead atoms. The number of ether oxygens (including phenoxy) is 2. The minimum absolute atomic E-state index is 0.0255. The maximum atomic E-state index is 12.2. The van der Waals surface area contributed by atoms with Crippen molar-refractivity contribution in [1.82, 2.24) is 10.2 Å². The summed E-state index contributed by atoms with van der Waals surface area (Å²) in [6.07, 6.45) is 4.66. The quantitative estimate of drug-likeness (QED) is 0.855. The summed E-state index contributed by atoms with van der Waals surface area (Å²) in [5.41, 5.74) is 4.26. The van der Waals surface area contributed by atoms with E-state index < -0.39 is 0 Å². The lowest BCUT2D eigenvalue weighted by Crippen LogP contribution is -2.42. The topological polar surface area (TPSA) is 50.8 Å². The number of nitrogens with one attached hydrogen (secondary N) is 1. The molecule has 3 aliphatic rings. The predicted octanol–water partition coefficient (Wildman–Crippen LogP) is 2.81. The fraction of sp³-hybridized carbons (Fsp3) is 0.471. The molecule has 1 aromatic carbocycles. The van der Waals surface area contributed by atoms with Gasteiger partial charge < -0.3 is 19.7 Å². The van der Waals surface area contributed by atoms with Crippen LogP contribution in [-0.4, -0.2) is 30.8 Å². The van der Waals surface area contributed by atoms with Crippen molar-refractivity contribution in [2.24, 2.45) is 0 Å². The van der Waals surface area contributed by atoms with Gasteiger partial charge in [-0.15, -0.1) is 0 Å². The van der Waals surface area contributed by atoms with Gasteiger partial charge in [-0.1, -0.05) is 17.2 Å². The second-order valence-electron chi connectivity index (χ2n) is 6.04. The fourth-order valence-electron chi connectivity index (χ4n) is 3.09. The lowest BCUT2D eigenvalue weighted by Gasteiger charge is -2.28. The van der Waals surface area contributed by atoms with Crippen LogP contribution >= 0.6 is 0 Å². The number of hydrogen-bond donors (Lipinski definition) is 1. The lowest BCUT2D eigenvalue weighted by molar-refractivity contribution is 0.174. The molecule has 2 fully saturated rings. The zero-order valence-electron chi connectivity index (χ0n) is 12.6. The number of benzene rings is 1. The second-order valence-corrected chi connectivity index (χ2v) is 6.04. The number of rotatable bonds is 2. The number of likely N-dealkylation sites (tertiary alicyclic amines) is 1. The largest absolute Gasteiger partial charge is 0.454 e. The zero-order valence-corrected chi connectivity index (χ0v) is 12.6. The Morgan fingerprint density at radius 1 is 1.05 bits per heavy atom. The van der Waals surface area contributed by atoms with E-state index in [4.69, 9.17) is 9.47 Å². The van der Waals surface area contributed by atoms with Crippen molar-refractivity contribution < 1.29 is 14.3 Å². The lowest BCUT2D eigenvalue weighted by atomic mass is 10.0. The minimum Gasteiger partial charge on any atom is -0.454 e. The van der Waals surface area contributed by atoms with Crippen molar-refractivity contribution in [3.63, 3.8) is 0 Å². The summed E-state index contributed by atoms with van der Waals surface area (Å²) < 4.78 is 10.6. The van der Waals surface area contributed by atoms with Crippen molar-refractivity contribution in [3.05, 3.63) is 34.9 Å². The summed E-state index contributed by atoms with van der Waals surface area (Å²) in [4.78, 5) is 14.2. The van der Waals surface area contributed by atoms with E-state index in [0.717, 1.165) is 43.0 Å². The van der Waals surface area contributed by atoms with Crippen molar-refractivity contribution in [2.45, 2.75) is 32.2 Å². The zero-order chi connectivity index (χ0) is 14.9. The summed E-state index contributed by atoms with van der Waals surface area (Å²) in [6, 6.07) is 5.80. The van der Waals surface area contributed by atoms with E-state index >= 15 is 0 Å². The maximum absolute atomic E-state index is 12.2. The minimum atomic E-state index is 0.0255. The Labute approximate surface area is 129 Å². The Kier molecular flexibility index (Phi) is 3.41. The second kappa shape index (κ2) is 5.55. The van der Waals surface area contributed by atoms with Crippen LogP contribution in [0, 0.1) is 0 Å². The van der Waals surface area contributed by atoms with Crippen molar-refractivity contribution in [2.75, 3.05) is 19.9 Å². The molecular weight excluding hydrogens is 280 g/mol. The van der Waals surface area contributed by atoms with Gasteiger partial charge in [0, 0.05) is 19.6 Å². The number of urea groups is 1. The average molecular weight is 300 g/mol. The van der Waals surface area contributed by atoms with Crippen LogP contribution in [0.3, 0.4) is 0 Å². The molecule has 0 atom stereocenters. The molecule has 0 spiro atoms. The van der Waals surface area contributed by atoms with E-state index in [2.05, 4.69) is 5.32 Å². The molecular formula is C17H20N2O3. The highest BCUT2D eigenvalue weighted by Gasteiger charge is 2.24. The summed E-state index contributed by atoms with van der Waals surface area (Å²) in [5.74, 6) is 1.53. The van der Waals surface area contributed by atoms with Gasteiger partial charge in [0.25, 0.3) is 0 Å². The van der Waals surface area contributed by atoms with Crippen LogP contribution in [0.2, 0.25) is 0 Å². The number of carbonyl (C=O) groups excluding carboxylic acids is 1. The molecule has 2 heterocycles. The maximum Gasteiger partial charge on any atom is 0.317 e. The number of allylic oxidation sites excluding steroid dienone is 1. The van der Waals surface area contributed by atoms with Gasteiger partial charge in [0.2, 0.25) is 6.79 Å². The monoisotopic (exact) mass is 300 g/mol. The van der Waals surface area contributed by atoms with E-state index in [-0.39, 0.29) is 12.8 Å². The van der Waals surface area contributed by atoms with Gasteiger partial charge in [0.1, 0.15) is 0 Å². The standard InChI is InChI=1S/C17H20N2O3/c20-17(19-7-5-14(6-8-19)13-2-3-13)18-10-12-1-4-15-16(9-12)22-11-21-15/h1,4,9H,2-3,5-8,10-11H2,(H,18,20). The van der Waals surface area contributed by atoms with E-state index in [1.54, 1.807) is 11.1 Å². The van der Waals surface area contributed by atoms with Crippen LogP contribution in [-0.2, 0) is 6.54 Å². The van der Waals surface area contributed by atoms with Crippen LogP contribution in [0.1, 0.15) is 31.2 Å². The number of amides is 2. The number of fused-ring (bicyclic) bond motifs is 1. The Balaban J connectivity index is 1.30. The van der Waals surface area contributed by atoms with Crippen molar-refractivity contribution in [1.29, 1.82) is 0 Å². The first-order valence-electron chi connectivity index (χ1n) is 7.91. The number of piperidine rings is 1. The normalized spacial score (nSPS) is 19.4. The van der Waals surface area contributed by atoms with Crippen LogP contribution < -0.4 is 14.8 Å². The first-order chi connectivity index (χ1) is 10.8. The first-order valence-corrected chi connectivity index (χ1v) is 7.91. The van der Waals surface area contributed by atoms with E-state index in [1.807, 2.05) is 23.1 Å². The third kappa shape index (κ3) is 2.75. The number of nitrogens with zero attached hydrogens (tertiary/aromatic N) is 1. The van der Waals surface area contributed by atoms with Crippen LogP contribution in [0.4, 0.5) is 4.79 Å². The first kappa shape index (κ1) is 13.5. The molecule has 22 heavy (non-hydrogen) atoms. The Hall–Kier alpha value is -2.17. The molecule has 1 saturated heterocycles. The SMILES string of the molecule is O=C(NCc1ccc2c(c1)OCO2)N1CCC(=C2CC2)CC1. The molecule has 0 aromatic heterocycles. The van der Waals surface area contributed by atoms with Crippen molar-refractivity contribution >= 4 is 6.03 Å². The molecule has 1 saturated carbocycles. The molecule has 0 radical (unpaired) electrons. The van der Waals surface area contributed by atoms with Gasteiger partial charge in [0.05, 0.1) is 0 Å². The fourth-order valence-corrected chi connectivity index (χ4v) is 3.09. The number of hydrogen-bond acceptors (Lipinski definition) is 3. The molecule has 116 valence electrons. The third-order valence-electron chi connectivity index (χ3n) is 4.53. The van der Waals surface area contributed by atoms with Gasteiger partial charge in [-0.25, -0.2) is 4.79 Å². The molecule has 2 aliphatic heterocycles. The molecule has 4 rings (SSSR count). The third-order valence-corrected chi connectivity index (χ3v) is 4.53. The van der Waals surface area contributed by atoms with Gasteiger partial charge >= 0.3 is 6.03 Å². The molecule has 1 aromatic rings. The van der Waals surface area contributed by atoms with Crippen LogP contribution in [0.15, 0.2) is 29.3 Å². The Morgan fingerprint density at radius 2 is 1.77 bits per heavy atom. The molecule has 1 N–H and O–H groups in total. The molecule has 5 nitrogen and oxygen atoms in total. The molecule has 0 unspecified atom stereocenters. The van der Waals surface area contributed by atoms with E-state index in [9.17, 15) is 4.79 Å². The Morgan fingerprint density at radius 3 is 2.55 bits per heavy atom. The summed E-state index contributed by atoms with van der Waals surface area (Å²) in [6.45, 7) is 2.47. The highest BCUT2D eigenvalue weighted by Crippen LogP contribution is 2.36. The summed E-state index contributed by atoms with van der Waals surface area (Å²) in [7, 11) is 0. The molecule has 1 aliphatic carbocycles. The summed E-state index contributed by atoms with van der Waals surface area (Å²) >= 11 is 0. The molecule has 2 amide bonds. The van der Waals surface area contributed by atoms with Gasteiger partial charge in [-0.05, 0) is 43.4 Å². The summed E-state index contributed by atoms with van der Waals surface area (Å²) in [5, 5.41) is 2.99. The van der Waals surface area contributed by atoms with Crippen LogP contribution in [0.5, 0.6) is 11.5 Å². The highest BCUT2D eigenvalue weighted by molar-refractivity contribution is 5.74.